The first kappa shape index (κ1) is 15.4. The van der Waals surface area contributed by atoms with E-state index in [1.165, 1.54) is 18.2 Å². The van der Waals surface area contributed by atoms with Crippen LogP contribution in [0.25, 0.3) is 0 Å². The van der Waals surface area contributed by atoms with Crippen LogP contribution in [0.3, 0.4) is 0 Å². The summed E-state index contributed by atoms with van der Waals surface area (Å²) in [6.45, 7) is 2.49. The highest BCUT2D eigenvalue weighted by Crippen LogP contribution is 2.11. The van der Waals surface area contributed by atoms with E-state index in [4.69, 9.17) is 5.73 Å². The maximum absolute atomic E-state index is 13.1. The fraction of sp³-hybridized carbons (Fsp3) is 0.467. The number of nitrogens with two attached hydrogens (primary N) is 1. The highest BCUT2D eigenvalue weighted by Gasteiger charge is 2.24. The van der Waals surface area contributed by atoms with Crippen molar-refractivity contribution in [3.05, 3.63) is 35.6 Å². The van der Waals surface area contributed by atoms with E-state index in [-0.39, 0.29) is 11.8 Å². The summed E-state index contributed by atoms with van der Waals surface area (Å²) < 4.78 is 13.1. The fourth-order valence-electron chi connectivity index (χ4n) is 2.37. The van der Waals surface area contributed by atoms with E-state index in [0.717, 1.165) is 0 Å². The molecule has 2 rings (SSSR count). The Balaban J connectivity index is 1.89. The van der Waals surface area contributed by atoms with E-state index in [9.17, 15) is 14.0 Å². The Hall–Kier alpha value is -1.95. The standard InChI is InChI=1S/C15H20FN3O2/c16-13-4-1-3-12(11-13)15(21)19-9-7-18(8-10-19)14(20)5-2-6-17/h1,3-4,11H,2,5-10,17H2. The second-order valence-electron chi connectivity index (χ2n) is 5.08. The Morgan fingerprint density at radius 1 is 1.14 bits per heavy atom. The van der Waals surface area contributed by atoms with E-state index in [2.05, 4.69) is 0 Å². The lowest BCUT2D eigenvalue weighted by atomic mass is 10.1. The Bertz CT molecular complexity index is 513. The maximum atomic E-state index is 13.1. The molecule has 0 radical (unpaired) electrons. The van der Waals surface area contributed by atoms with Crippen LogP contribution >= 0.6 is 0 Å². The zero-order valence-corrected chi connectivity index (χ0v) is 11.9. The number of amides is 2. The van der Waals surface area contributed by atoms with Gasteiger partial charge >= 0.3 is 0 Å². The molecule has 6 heteroatoms. The number of hydrogen-bond donors (Lipinski definition) is 1. The second kappa shape index (κ2) is 7.17. The molecule has 5 nitrogen and oxygen atoms in total. The molecule has 1 saturated heterocycles. The van der Waals surface area contributed by atoms with Gasteiger partial charge in [0.15, 0.2) is 0 Å². The quantitative estimate of drug-likeness (QED) is 0.895. The molecule has 1 aromatic rings. The molecule has 0 spiro atoms. The number of rotatable bonds is 4. The molecular formula is C15H20FN3O2. The number of hydrogen-bond acceptors (Lipinski definition) is 3. The summed E-state index contributed by atoms with van der Waals surface area (Å²) in [7, 11) is 0. The third kappa shape index (κ3) is 4.01. The molecular weight excluding hydrogens is 273 g/mol. The average Bonchev–Trinajstić information content (AvgIpc) is 2.52. The summed E-state index contributed by atoms with van der Waals surface area (Å²) in [6, 6.07) is 5.67. The molecule has 1 aliphatic rings. The molecule has 0 unspecified atom stereocenters. The molecule has 21 heavy (non-hydrogen) atoms. The van der Waals surface area contributed by atoms with Crippen LogP contribution in [0.5, 0.6) is 0 Å². The zero-order valence-electron chi connectivity index (χ0n) is 11.9. The summed E-state index contributed by atoms with van der Waals surface area (Å²) >= 11 is 0. The van der Waals surface area contributed by atoms with Crippen molar-refractivity contribution in [3.63, 3.8) is 0 Å². The number of carbonyl (C=O) groups is 2. The lowest BCUT2D eigenvalue weighted by Gasteiger charge is -2.35. The van der Waals surface area contributed by atoms with Gasteiger partial charge in [0, 0.05) is 38.2 Å². The van der Waals surface area contributed by atoms with Crippen molar-refractivity contribution in [3.8, 4) is 0 Å². The largest absolute Gasteiger partial charge is 0.339 e. The lowest BCUT2D eigenvalue weighted by Crippen LogP contribution is -2.50. The van der Waals surface area contributed by atoms with Crippen LogP contribution in [0.15, 0.2) is 24.3 Å². The zero-order chi connectivity index (χ0) is 15.2. The van der Waals surface area contributed by atoms with Gasteiger partial charge in [0.25, 0.3) is 5.91 Å². The molecule has 1 heterocycles. The highest BCUT2D eigenvalue weighted by molar-refractivity contribution is 5.94. The molecule has 0 aromatic heterocycles. The molecule has 0 saturated carbocycles. The van der Waals surface area contributed by atoms with Crippen molar-refractivity contribution in [2.24, 2.45) is 5.73 Å². The van der Waals surface area contributed by atoms with Gasteiger partial charge in [0.2, 0.25) is 5.91 Å². The van der Waals surface area contributed by atoms with Crippen LogP contribution in [0.1, 0.15) is 23.2 Å². The van der Waals surface area contributed by atoms with Crippen LogP contribution in [0.2, 0.25) is 0 Å². The predicted molar refractivity (Wildman–Crippen MR) is 77.2 cm³/mol. The predicted octanol–water partition coefficient (Wildman–Crippen LogP) is 0.849. The van der Waals surface area contributed by atoms with Crippen molar-refractivity contribution in [1.82, 2.24) is 9.80 Å². The van der Waals surface area contributed by atoms with Crippen molar-refractivity contribution in [1.29, 1.82) is 0 Å². The van der Waals surface area contributed by atoms with Gasteiger partial charge in [-0.25, -0.2) is 4.39 Å². The summed E-state index contributed by atoms with van der Waals surface area (Å²) in [5.74, 6) is -0.529. The highest BCUT2D eigenvalue weighted by atomic mass is 19.1. The summed E-state index contributed by atoms with van der Waals surface area (Å²) in [6.07, 6.45) is 1.13. The number of carbonyl (C=O) groups excluding carboxylic acids is 2. The lowest BCUT2D eigenvalue weighted by molar-refractivity contribution is -0.132. The number of halogens is 1. The molecule has 0 atom stereocenters. The van der Waals surface area contributed by atoms with Crippen LogP contribution in [-0.4, -0.2) is 54.3 Å². The molecule has 114 valence electrons. The van der Waals surface area contributed by atoms with Gasteiger partial charge < -0.3 is 15.5 Å². The van der Waals surface area contributed by atoms with Crippen molar-refractivity contribution < 1.29 is 14.0 Å². The van der Waals surface area contributed by atoms with Crippen LogP contribution in [0.4, 0.5) is 4.39 Å². The SMILES string of the molecule is NCCCC(=O)N1CCN(C(=O)c2cccc(F)c2)CC1. The minimum atomic E-state index is -0.420. The molecule has 2 N–H and O–H groups in total. The topological polar surface area (TPSA) is 66.6 Å². The smallest absolute Gasteiger partial charge is 0.254 e. The van der Waals surface area contributed by atoms with Crippen LogP contribution in [0, 0.1) is 5.82 Å². The molecule has 1 fully saturated rings. The van der Waals surface area contributed by atoms with E-state index in [1.54, 1.807) is 15.9 Å². The molecule has 1 aromatic carbocycles. The fourth-order valence-corrected chi connectivity index (χ4v) is 2.37. The summed E-state index contributed by atoms with van der Waals surface area (Å²) in [5, 5.41) is 0. The minimum Gasteiger partial charge on any atom is -0.339 e. The van der Waals surface area contributed by atoms with E-state index in [0.29, 0.717) is 51.1 Å². The van der Waals surface area contributed by atoms with Crippen molar-refractivity contribution in [2.75, 3.05) is 32.7 Å². The van der Waals surface area contributed by atoms with Gasteiger partial charge in [-0.2, -0.15) is 0 Å². The van der Waals surface area contributed by atoms with Gasteiger partial charge in [0.1, 0.15) is 5.82 Å². The molecule has 0 aliphatic carbocycles. The third-order valence-corrected chi connectivity index (χ3v) is 3.59. The Morgan fingerprint density at radius 2 is 1.81 bits per heavy atom. The number of benzene rings is 1. The van der Waals surface area contributed by atoms with E-state index >= 15 is 0 Å². The van der Waals surface area contributed by atoms with Crippen LogP contribution in [-0.2, 0) is 4.79 Å². The van der Waals surface area contributed by atoms with Gasteiger partial charge in [-0.1, -0.05) is 6.07 Å². The van der Waals surface area contributed by atoms with Gasteiger partial charge in [-0.3, -0.25) is 9.59 Å². The second-order valence-corrected chi connectivity index (χ2v) is 5.08. The monoisotopic (exact) mass is 293 g/mol. The Kier molecular flexibility index (Phi) is 5.27. The normalized spacial score (nSPS) is 15.1. The Morgan fingerprint density at radius 3 is 2.43 bits per heavy atom. The van der Waals surface area contributed by atoms with Crippen molar-refractivity contribution >= 4 is 11.8 Å². The first-order valence-electron chi connectivity index (χ1n) is 7.14. The van der Waals surface area contributed by atoms with E-state index < -0.39 is 5.82 Å². The van der Waals surface area contributed by atoms with Gasteiger partial charge in [-0.05, 0) is 31.2 Å². The van der Waals surface area contributed by atoms with Gasteiger partial charge in [-0.15, -0.1) is 0 Å². The van der Waals surface area contributed by atoms with Gasteiger partial charge in [0.05, 0.1) is 0 Å². The summed E-state index contributed by atoms with van der Waals surface area (Å²) in [5.41, 5.74) is 5.74. The Labute approximate surface area is 123 Å². The maximum Gasteiger partial charge on any atom is 0.254 e. The third-order valence-electron chi connectivity index (χ3n) is 3.59. The average molecular weight is 293 g/mol. The first-order chi connectivity index (χ1) is 10.1. The summed E-state index contributed by atoms with van der Waals surface area (Å²) in [4.78, 5) is 27.5. The minimum absolute atomic E-state index is 0.0818. The van der Waals surface area contributed by atoms with E-state index in [1.807, 2.05) is 0 Å². The van der Waals surface area contributed by atoms with Crippen molar-refractivity contribution in [2.45, 2.75) is 12.8 Å². The number of piperazine rings is 1. The molecule has 0 bridgehead atoms. The number of nitrogens with zero attached hydrogens (tertiary/aromatic N) is 2. The molecule has 1 aliphatic heterocycles. The van der Waals surface area contributed by atoms with Crippen LogP contribution < -0.4 is 5.73 Å². The molecule has 2 amide bonds. The first-order valence-corrected chi connectivity index (χ1v) is 7.14.